The molecule has 2 N–H and O–H groups in total. The zero-order valence-corrected chi connectivity index (χ0v) is 19.6. The number of unbranched alkanes of at least 4 members (excludes halogenated alkanes) is 3. The van der Waals surface area contributed by atoms with Gasteiger partial charge in [-0.1, -0.05) is 49.6 Å². The van der Waals surface area contributed by atoms with E-state index in [-0.39, 0.29) is 11.3 Å². The van der Waals surface area contributed by atoms with Gasteiger partial charge >= 0.3 is 5.97 Å². The lowest BCUT2D eigenvalue weighted by molar-refractivity contribution is -0.139. The van der Waals surface area contributed by atoms with Crippen LogP contribution in [0.3, 0.4) is 0 Å². The molecular weight excluding hydrogens is 438 g/mol. The molecule has 0 radical (unpaired) electrons. The van der Waals surface area contributed by atoms with Crippen LogP contribution in [0.1, 0.15) is 61.8 Å². The second-order valence-corrected chi connectivity index (χ2v) is 10.5. The molecule has 1 aliphatic rings. The lowest BCUT2D eigenvalue weighted by atomic mass is 9.96. The maximum atomic E-state index is 12.9. The Bertz CT molecular complexity index is 1200. The highest BCUT2D eigenvalue weighted by molar-refractivity contribution is 7.89. The van der Waals surface area contributed by atoms with E-state index in [4.69, 9.17) is 4.42 Å². The molecule has 2 aromatic carbocycles. The van der Waals surface area contributed by atoms with Gasteiger partial charge in [-0.3, -0.25) is 4.79 Å². The predicted octanol–water partition coefficient (Wildman–Crippen LogP) is 5.24. The summed E-state index contributed by atoms with van der Waals surface area (Å²) in [5, 5.41) is 10.5. The number of furan rings is 1. The standard InChI is InChI=1S/C26H31NO5S/c28-26(29)23(14-7-2-1-4-10-19-11-5-3-6-12-19)27-33(30,31)20-16-17-22-21-13-8-9-15-24(21)32-25(22)18-20/h3,5-6,11-12,16-18,23,27H,1-2,4,7-10,13-15H2,(H,28,29). The number of hydrogen-bond acceptors (Lipinski definition) is 4. The van der Waals surface area contributed by atoms with E-state index in [0.717, 1.165) is 62.5 Å². The van der Waals surface area contributed by atoms with Crippen molar-refractivity contribution in [2.75, 3.05) is 0 Å². The Labute approximate surface area is 195 Å². The molecule has 6 nitrogen and oxygen atoms in total. The number of hydrogen-bond donors (Lipinski definition) is 2. The Morgan fingerprint density at radius 3 is 2.55 bits per heavy atom. The summed E-state index contributed by atoms with van der Waals surface area (Å²) < 4.78 is 34.1. The van der Waals surface area contributed by atoms with Crippen molar-refractivity contribution in [2.45, 2.75) is 75.1 Å². The first kappa shape index (κ1) is 23.5. The highest BCUT2D eigenvalue weighted by Gasteiger charge is 2.26. The molecule has 1 atom stereocenters. The monoisotopic (exact) mass is 469 g/mol. The average molecular weight is 470 g/mol. The number of carbonyl (C=O) groups is 1. The summed E-state index contributed by atoms with van der Waals surface area (Å²) in [6, 6.07) is 13.9. The van der Waals surface area contributed by atoms with Gasteiger partial charge in [-0.05, 0) is 56.2 Å². The molecule has 1 aliphatic carbocycles. The number of carboxylic acids is 1. The van der Waals surface area contributed by atoms with Crippen LogP contribution in [0.15, 0.2) is 57.8 Å². The first-order chi connectivity index (χ1) is 15.9. The summed E-state index contributed by atoms with van der Waals surface area (Å²) >= 11 is 0. The Morgan fingerprint density at radius 1 is 1.00 bits per heavy atom. The quantitative estimate of drug-likeness (QED) is 0.375. The zero-order valence-electron chi connectivity index (χ0n) is 18.8. The Morgan fingerprint density at radius 2 is 1.76 bits per heavy atom. The smallest absolute Gasteiger partial charge is 0.321 e. The van der Waals surface area contributed by atoms with Gasteiger partial charge < -0.3 is 9.52 Å². The first-order valence-electron chi connectivity index (χ1n) is 11.8. The van der Waals surface area contributed by atoms with Crippen LogP contribution < -0.4 is 4.72 Å². The van der Waals surface area contributed by atoms with Crippen LogP contribution in [0.25, 0.3) is 11.0 Å². The molecule has 1 heterocycles. The average Bonchev–Trinajstić information content (AvgIpc) is 3.19. The van der Waals surface area contributed by atoms with Crippen LogP contribution >= 0.6 is 0 Å². The molecule has 7 heteroatoms. The van der Waals surface area contributed by atoms with Crippen LogP contribution in [0, 0.1) is 0 Å². The van der Waals surface area contributed by atoms with Crippen molar-refractivity contribution in [3.05, 3.63) is 65.4 Å². The van der Waals surface area contributed by atoms with E-state index in [1.165, 1.54) is 23.3 Å². The van der Waals surface area contributed by atoms with Crippen molar-refractivity contribution >= 4 is 27.0 Å². The Kier molecular flexibility index (Phi) is 7.50. The van der Waals surface area contributed by atoms with Gasteiger partial charge in [0.05, 0.1) is 4.90 Å². The largest absolute Gasteiger partial charge is 0.480 e. The van der Waals surface area contributed by atoms with Crippen molar-refractivity contribution in [2.24, 2.45) is 0 Å². The fourth-order valence-electron chi connectivity index (χ4n) is 4.58. The number of fused-ring (bicyclic) bond motifs is 3. The second-order valence-electron chi connectivity index (χ2n) is 8.82. The molecule has 176 valence electrons. The van der Waals surface area contributed by atoms with Gasteiger partial charge in [0.1, 0.15) is 17.4 Å². The molecule has 33 heavy (non-hydrogen) atoms. The third-order valence-corrected chi connectivity index (χ3v) is 7.85. The molecule has 0 saturated heterocycles. The lowest BCUT2D eigenvalue weighted by Gasteiger charge is -2.15. The van der Waals surface area contributed by atoms with E-state index >= 15 is 0 Å². The molecule has 3 aromatic rings. The van der Waals surface area contributed by atoms with Gasteiger partial charge in [-0.2, -0.15) is 4.72 Å². The van der Waals surface area contributed by atoms with Crippen LogP contribution in [-0.4, -0.2) is 25.5 Å². The van der Waals surface area contributed by atoms with Crippen molar-refractivity contribution in [1.29, 1.82) is 0 Å². The number of nitrogens with one attached hydrogen (secondary N) is 1. The summed E-state index contributed by atoms with van der Waals surface area (Å²) in [6.45, 7) is 0. The van der Waals surface area contributed by atoms with Gasteiger partial charge in [-0.25, -0.2) is 8.42 Å². The van der Waals surface area contributed by atoms with Crippen molar-refractivity contribution < 1.29 is 22.7 Å². The third-order valence-electron chi connectivity index (χ3n) is 6.39. The summed E-state index contributed by atoms with van der Waals surface area (Å²) in [5.41, 5.74) is 3.02. The fourth-order valence-corrected chi connectivity index (χ4v) is 5.81. The van der Waals surface area contributed by atoms with E-state index in [1.54, 1.807) is 6.07 Å². The van der Waals surface area contributed by atoms with Crippen molar-refractivity contribution in [3.8, 4) is 0 Å². The highest BCUT2D eigenvalue weighted by Crippen LogP contribution is 2.33. The lowest BCUT2D eigenvalue weighted by Crippen LogP contribution is -2.40. The van der Waals surface area contributed by atoms with Crippen LogP contribution in [0.5, 0.6) is 0 Å². The molecule has 0 spiro atoms. The number of benzene rings is 2. The summed E-state index contributed by atoms with van der Waals surface area (Å²) in [5.74, 6) is -0.216. The van der Waals surface area contributed by atoms with Crippen LogP contribution in [0.4, 0.5) is 0 Å². The highest BCUT2D eigenvalue weighted by atomic mass is 32.2. The van der Waals surface area contributed by atoms with Crippen molar-refractivity contribution in [3.63, 3.8) is 0 Å². The normalized spacial score (nSPS) is 14.8. The maximum absolute atomic E-state index is 12.9. The van der Waals surface area contributed by atoms with E-state index in [1.807, 2.05) is 18.2 Å². The zero-order chi connectivity index (χ0) is 23.3. The maximum Gasteiger partial charge on any atom is 0.321 e. The topological polar surface area (TPSA) is 96.6 Å². The molecule has 0 aliphatic heterocycles. The minimum absolute atomic E-state index is 0.0372. The SMILES string of the molecule is O=C(O)C(CCCCCCc1ccccc1)NS(=O)(=O)c1ccc2c3c(oc2c1)CCCC3. The second kappa shape index (κ2) is 10.5. The van der Waals surface area contributed by atoms with Crippen molar-refractivity contribution in [1.82, 2.24) is 4.72 Å². The van der Waals surface area contributed by atoms with Gasteiger partial charge in [-0.15, -0.1) is 0 Å². The van der Waals surface area contributed by atoms with E-state index in [9.17, 15) is 18.3 Å². The van der Waals surface area contributed by atoms with E-state index in [0.29, 0.717) is 12.0 Å². The minimum Gasteiger partial charge on any atom is -0.480 e. The first-order valence-corrected chi connectivity index (χ1v) is 13.3. The molecule has 0 amide bonds. The summed E-state index contributed by atoms with van der Waals surface area (Å²) in [6.07, 6.45) is 8.78. The van der Waals surface area contributed by atoms with E-state index in [2.05, 4.69) is 16.9 Å². The molecule has 1 aromatic heterocycles. The van der Waals surface area contributed by atoms with E-state index < -0.39 is 22.0 Å². The minimum atomic E-state index is -3.97. The fraction of sp³-hybridized carbons (Fsp3) is 0.423. The molecule has 0 bridgehead atoms. The third kappa shape index (κ3) is 5.84. The molecular formula is C26H31NO5S. The molecule has 4 rings (SSSR count). The van der Waals surface area contributed by atoms with Crippen LogP contribution in [0.2, 0.25) is 0 Å². The van der Waals surface area contributed by atoms with Gasteiger partial charge in [0.25, 0.3) is 0 Å². The van der Waals surface area contributed by atoms with Gasteiger partial charge in [0, 0.05) is 23.4 Å². The number of carboxylic acid groups (broad SMARTS) is 1. The molecule has 0 fully saturated rings. The summed E-state index contributed by atoms with van der Waals surface area (Å²) in [4.78, 5) is 11.8. The summed E-state index contributed by atoms with van der Waals surface area (Å²) in [7, 11) is -3.97. The Hall–Kier alpha value is -2.64. The predicted molar refractivity (Wildman–Crippen MR) is 128 cm³/mol. The number of sulfonamides is 1. The van der Waals surface area contributed by atoms with Gasteiger partial charge in [0.2, 0.25) is 10.0 Å². The number of rotatable bonds is 11. The van der Waals surface area contributed by atoms with Crippen LogP contribution in [-0.2, 0) is 34.1 Å². The number of aliphatic carboxylic acids is 1. The molecule has 0 saturated carbocycles. The molecule has 1 unspecified atom stereocenters. The van der Waals surface area contributed by atoms with Gasteiger partial charge in [0.15, 0.2) is 0 Å². The number of aryl methyl sites for hydroxylation is 3. The Balaban J connectivity index is 1.33.